The lowest BCUT2D eigenvalue weighted by atomic mass is 9.95. The quantitative estimate of drug-likeness (QED) is 0.801. The van der Waals surface area contributed by atoms with Crippen molar-refractivity contribution in [3.8, 4) is 0 Å². The molecular weight excluding hydrogens is 184 g/mol. The number of methoxy groups -OCH3 is 1. The Morgan fingerprint density at radius 3 is 2.85 bits per heavy atom. The van der Waals surface area contributed by atoms with Gasteiger partial charge in [-0.1, -0.05) is 13.8 Å². The molecule has 0 aliphatic carbocycles. The van der Waals surface area contributed by atoms with E-state index in [0.29, 0.717) is 13.2 Å². The van der Waals surface area contributed by atoms with E-state index in [-0.39, 0.29) is 5.41 Å². The number of ether oxygens (including phenoxy) is 1. The van der Waals surface area contributed by atoms with Gasteiger partial charge >= 0.3 is 0 Å². The molecule has 0 aromatic carbocycles. The van der Waals surface area contributed by atoms with Crippen LogP contribution in [0.2, 0.25) is 0 Å². The largest absolute Gasteiger partial charge is 0.378 e. The monoisotopic (exact) mass is 200 g/mol. The molecule has 74 valence electrons. The van der Waals surface area contributed by atoms with Crippen LogP contribution in [0.3, 0.4) is 0 Å². The van der Waals surface area contributed by atoms with Gasteiger partial charge in [-0.15, -0.1) is 11.3 Å². The number of nitrogens with two attached hydrogens (primary N) is 1. The van der Waals surface area contributed by atoms with E-state index in [4.69, 9.17) is 10.5 Å². The van der Waals surface area contributed by atoms with Crippen LogP contribution < -0.4 is 5.73 Å². The zero-order valence-corrected chi connectivity index (χ0v) is 9.15. The van der Waals surface area contributed by atoms with Crippen LogP contribution >= 0.6 is 11.3 Å². The third kappa shape index (κ3) is 2.49. The molecule has 0 fully saturated rings. The van der Waals surface area contributed by atoms with Gasteiger partial charge in [-0.05, 0) is 0 Å². The molecule has 0 bridgehead atoms. The Morgan fingerprint density at radius 2 is 2.31 bits per heavy atom. The number of rotatable bonds is 4. The summed E-state index contributed by atoms with van der Waals surface area (Å²) in [6.45, 7) is 5.40. The van der Waals surface area contributed by atoms with E-state index in [0.717, 1.165) is 10.7 Å². The highest BCUT2D eigenvalue weighted by molar-refractivity contribution is 7.09. The zero-order valence-electron chi connectivity index (χ0n) is 8.33. The predicted octanol–water partition coefficient (Wildman–Crippen LogP) is 1.53. The number of nitrogens with zero attached hydrogens (tertiary/aromatic N) is 1. The van der Waals surface area contributed by atoms with Crippen LogP contribution in [0.15, 0.2) is 5.38 Å². The Balaban J connectivity index is 2.79. The Kier molecular flexibility index (Phi) is 3.41. The molecule has 1 aromatic rings. The highest BCUT2D eigenvalue weighted by Crippen LogP contribution is 2.25. The summed E-state index contributed by atoms with van der Waals surface area (Å²) in [5.74, 6) is 0. The highest BCUT2D eigenvalue weighted by atomic mass is 32.1. The molecule has 0 unspecified atom stereocenters. The Labute approximate surface area is 82.9 Å². The molecule has 0 saturated carbocycles. The Morgan fingerprint density at radius 1 is 1.62 bits per heavy atom. The van der Waals surface area contributed by atoms with Gasteiger partial charge in [0.25, 0.3) is 0 Å². The molecule has 1 rings (SSSR count). The summed E-state index contributed by atoms with van der Waals surface area (Å²) in [7, 11) is 1.67. The van der Waals surface area contributed by atoms with E-state index in [9.17, 15) is 0 Å². The van der Waals surface area contributed by atoms with Crippen molar-refractivity contribution in [2.24, 2.45) is 5.73 Å². The van der Waals surface area contributed by atoms with Crippen molar-refractivity contribution in [2.45, 2.75) is 25.9 Å². The van der Waals surface area contributed by atoms with Gasteiger partial charge in [0.1, 0.15) is 0 Å². The van der Waals surface area contributed by atoms with E-state index in [1.165, 1.54) is 0 Å². The fourth-order valence-electron chi connectivity index (χ4n) is 0.919. The predicted molar refractivity (Wildman–Crippen MR) is 54.9 cm³/mol. The minimum atomic E-state index is -0.0172. The van der Waals surface area contributed by atoms with Crippen molar-refractivity contribution in [3.05, 3.63) is 16.1 Å². The summed E-state index contributed by atoms with van der Waals surface area (Å²) in [4.78, 5) is 4.46. The zero-order chi connectivity index (χ0) is 9.90. The number of thiazole rings is 1. The third-order valence-electron chi connectivity index (χ3n) is 1.93. The fraction of sp³-hybridized carbons (Fsp3) is 0.667. The van der Waals surface area contributed by atoms with E-state index < -0.39 is 0 Å². The van der Waals surface area contributed by atoms with Crippen molar-refractivity contribution in [1.82, 2.24) is 4.98 Å². The first-order chi connectivity index (χ1) is 6.10. The lowest BCUT2D eigenvalue weighted by Crippen LogP contribution is -2.27. The minimum absolute atomic E-state index is 0.0172. The van der Waals surface area contributed by atoms with Crippen LogP contribution in [0, 0.1) is 0 Å². The van der Waals surface area contributed by atoms with E-state index in [1.807, 2.05) is 5.38 Å². The van der Waals surface area contributed by atoms with Crippen LogP contribution in [-0.4, -0.2) is 18.6 Å². The molecule has 1 aromatic heterocycles. The molecule has 0 amide bonds. The molecule has 1 heterocycles. The SMILES string of the molecule is COCc1csc(C(C)(C)CN)n1. The van der Waals surface area contributed by atoms with E-state index in [2.05, 4.69) is 18.8 Å². The number of aromatic nitrogens is 1. The van der Waals surface area contributed by atoms with Crippen molar-refractivity contribution >= 4 is 11.3 Å². The number of hydrogen-bond donors (Lipinski definition) is 1. The first kappa shape index (κ1) is 10.6. The summed E-state index contributed by atoms with van der Waals surface area (Å²) in [5.41, 5.74) is 6.63. The van der Waals surface area contributed by atoms with Gasteiger partial charge in [0.2, 0.25) is 0 Å². The molecule has 0 spiro atoms. The lowest BCUT2D eigenvalue weighted by molar-refractivity contribution is 0.181. The van der Waals surface area contributed by atoms with Gasteiger partial charge in [-0.2, -0.15) is 0 Å². The first-order valence-corrected chi connectivity index (χ1v) is 5.12. The maximum Gasteiger partial charge on any atom is 0.0998 e. The van der Waals surface area contributed by atoms with Crippen LogP contribution in [0.1, 0.15) is 24.5 Å². The average molecular weight is 200 g/mol. The summed E-state index contributed by atoms with van der Waals surface area (Å²) in [6, 6.07) is 0. The van der Waals surface area contributed by atoms with Crippen LogP contribution in [0.4, 0.5) is 0 Å². The molecule has 0 atom stereocenters. The van der Waals surface area contributed by atoms with Crippen LogP contribution in [-0.2, 0) is 16.8 Å². The van der Waals surface area contributed by atoms with Gasteiger partial charge in [-0.3, -0.25) is 0 Å². The van der Waals surface area contributed by atoms with Gasteiger partial charge in [0.05, 0.1) is 17.3 Å². The maximum atomic E-state index is 5.66. The van der Waals surface area contributed by atoms with Gasteiger partial charge < -0.3 is 10.5 Å². The van der Waals surface area contributed by atoms with Gasteiger partial charge in [0.15, 0.2) is 0 Å². The second kappa shape index (κ2) is 4.17. The Bertz CT molecular complexity index is 270. The summed E-state index contributed by atoms with van der Waals surface area (Å²) >= 11 is 1.65. The van der Waals surface area contributed by atoms with Crippen molar-refractivity contribution in [2.75, 3.05) is 13.7 Å². The second-order valence-electron chi connectivity index (χ2n) is 3.67. The molecule has 2 N–H and O–H groups in total. The number of hydrogen-bond acceptors (Lipinski definition) is 4. The summed E-state index contributed by atoms with van der Waals surface area (Å²) < 4.78 is 5.00. The minimum Gasteiger partial charge on any atom is -0.378 e. The molecule has 13 heavy (non-hydrogen) atoms. The third-order valence-corrected chi connectivity index (χ3v) is 3.19. The topological polar surface area (TPSA) is 48.1 Å². The standard InChI is InChI=1S/C9H16N2OS/c1-9(2,6-10)8-11-7(4-12-3)5-13-8/h5H,4,6,10H2,1-3H3. The van der Waals surface area contributed by atoms with E-state index in [1.54, 1.807) is 18.4 Å². The van der Waals surface area contributed by atoms with Crippen molar-refractivity contribution in [1.29, 1.82) is 0 Å². The summed E-state index contributed by atoms with van der Waals surface area (Å²) in [6.07, 6.45) is 0. The highest BCUT2D eigenvalue weighted by Gasteiger charge is 2.22. The smallest absolute Gasteiger partial charge is 0.0998 e. The molecule has 0 aliphatic rings. The van der Waals surface area contributed by atoms with E-state index >= 15 is 0 Å². The second-order valence-corrected chi connectivity index (χ2v) is 4.52. The van der Waals surface area contributed by atoms with Crippen LogP contribution in [0.25, 0.3) is 0 Å². The normalized spacial score (nSPS) is 12.0. The molecule has 0 aliphatic heterocycles. The van der Waals surface area contributed by atoms with Crippen molar-refractivity contribution < 1.29 is 4.74 Å². The van der Waals surface area contributed by atoms with Gasteiger partial charge in [-0.25, -0.2) is 4.98 Å². The fourth-order valence-corrected chi connectivity index (χ4v) is 1.86. The summed E-state index contributed by atoms with van der Waals surface area (Å²) in [5, 5.41) is 3.11. The lowest BCUT2D eigenvalue weighted by Gasteiger charge is -2.18. The molecule has 3 nitrogen and oxygen atoms in total. The van der Waals surface area contributed by atoms with Gasteiger partial charge in [0, 0.05) is 24.4 Å². The van der Waals surface area contributed by atoms with Crippen molar-refractivity contribution in [3.63, 3.8) is 0 Å². The van der Waals surface area contributed by atoms with Crippen LogP contribution in [0.5, 0.6) is 0 Å². The molecule has 4 heteroatoms. The first-order valence-electron chi connectivity index (χ1n) is 4.24. The molecular formula is C9H16N2OS. The average Bonchev–Trinajstić information content (AvgIpc) is 2.54. The molecule has 0 radical (unpaired) electrons. The molecule has 0 saturated heterocycles. The Hall–Kier alpha value is -0.450. The maximum absolute atomic E-state index is 5.66.